The third kappa shape index (κ3) is 4.30. The summed E-state index contributed by atoms with van der Waals surface area (Å²) in [5.74, 6) is 1.63. The number of nitrogens with zero attached hydrogens (tertiary/aromatic N) is 1. The maximum Gasteiger partial charge on any atom is 0.234 e. The Hall–Kier alpha value is -2.53. The first kappa shape index (κ1) is 18.8. The van der Waals surface area contributed by atoms with Crippen LogP contribution in [0.2, 0.25) is 0 Å². The number of hydrogen-bond donors (Lipinski definition) is 1. The first-order chi connectivity index (χ1) is 13.7. The molecule has 1 aliphatic heterocycles. The summed E-state index contributed by atoms with van der Waals surface area (Å²) in [4.78, 5) is 14.8. The number of fused-ring (bicyclic) bond motifs is 2. The maximum absolute atomic E-state index is 12.7. The molecule has 2 aromatic rings. The second kappa shape index (κ2) is 8.65. The highest BCUT2D eigenvalue weighted by molar-refractivity contribution is 5.78. The second-order valence-corrected chi connectivity index (χ2v) is 7.54. The number of para-hydroxylation sites is 2. The van der Waals surface area contributed by atoms with Crippen LogP contribution in [0.5, 0.6) is 11.5 Å². The van der Waals surface area contributed by atoms with E-state index in [0.717, 1.165) is 37.3 Å². The molecule has 1 aliphatic carbocycles. The van der Waals surface area contributed by atoms with Gasteiger partial charge >= 0.3 is 0 Å². The van der Waals surface area contributed by atoms with Crippen LogP contribution in [0.3, 0.4) is 0 Å². The fourth-order valence-corrected chi connectivity index (χ4v) is 4.09. The van der Waals surface area contributed by atoms with Crippen molar-refractivity contribution in [2.24, 2.45) is 0 Å². The fraction of sp³-hybridized carbons (Fsp3) is 0.435. The van der Waals surface area contributed by atoms with Gasteiger partial charge < -0.3 is 14.8 Å². The van der Waals surface area contributed by atoms with Gasteiger partial charge in [-0.15, -0.1) is 0 Å². The normalized spacial score (nSPS) is 20.5. The van der Waals surface area contributed by atoms with Crippen LogP contribution in [0.15, 0.2) is 48.5 Å². The molecule has 2 atom stereocenters. The van der Waals surface area contributed by atoms with Gasteiger partial charge in [0, 0.05) is 6.54 Å². The highest BCUT2D eigenvalue weighted by Crippen LogP contribution is 2.31. The second-order valence-electron chi connectivity index (χ2n) is 7.54. The Morgan fingerprint density at radius 1 is 1.14 bits per heavy atom. The van der Waals surface area contributed by atoms with Crippen molar-refractivity contribution in [3.05, 3.63) is 59.7 Å². The molecule has 0 spiro atoms. The van der Waals surface area contributed by atoms with E-state index in [0.29, 0.717) is 19.7 Å². The Balaban J connectivity index is 1.32. The van der Waals surface area contributed by atoms with Gasteiger partial charge in [0.2, 0.25) is 5.91 Å². The van der Waals surface area contributed by atoms with Crippen LogP contribution in [0, 0.1) is 0 Å². The van der Waals surface area contributed by atoms with Crippen molar-refractivity contribution in [1.29, 1.82) is 0 Å². The van der Waals surface area contributed by atoms with E-state index in [2.05, 4.69) is 41.4 Å². The van der Waals surface area contributed by atoms with Gasteiger partial charge in [0.05, 0.1) is 12.6 Å². The van der Waals surface area contributed by atoms with Gasteiger partial charge in [-0.05, 0) is 49.1 Å². The first-order valence-electron chi connectivity index (χ1n) is 10.2. The lowest BCUT2D eigenvalue weighted by Crippen LogP contribution is -2.45. The lowest BCUT2D eigenvalue weighted by atomic mass is 9.88. The van der Waals surface area contributed by atoms with Crippen LogP contribution in [0.4, 0.5) is 0 Å². The van der Waals surface area contributed by atoms with Gasteiger partial charge in [-0.25, -0.2) is 0 Å². The van der Waals surface area contributed by atoms with E-state index >= 15 is 0 Å². The molecule has 4 rings (SSSR count). The molecule has 1 amide bonds. The summed E-state index contributed by atoms with van der Waals surface area (Å²) in [6.07, 6.45) is 3.15. The topological polar surface area (TPSA) is 50.8 Å². The summed E-state index contributed by atoms with van der Waals surface area (Å²) >= 11 is 0. The molecule has 0 unspecified atom stereocenters. The van der Waals surface area contributed by atoms with Gasteiger partial charge in [0.15, 0.2) is 11.5 Å². The largest absolute Gasteiger partial charge is 0.486 e. The van der Waals surface area contributed by atoms with Crippen molar-refractivity contribution in [2.75, 3.05) is 26.2 Å². The molecule has 0 saturated heterocycles. The van der Waals surface area contributed by atoms with Crippen LogP contribution in [0.25, 0.3) is 0 Å². The van der Waals surface area contributed by atoms with Crippen LogP contribution in [0.1, 0.15) is 36.9 Å². The molecule has 28 heavy (non-hydrogen) atoms. The van der Waals surface area contributed by atoms with E-state index in [4.69, 9.17) is 9.47 Å². The standard InChI is InChI=1S/C23H28N2O3/c1-2-25(14-18-16-27-21-12-5-6-13-22(21)28-18)15-23(26)24-20-11-7-9-17-8-3-4-10-19(17)20/h3-6,8,10,12-13,18,20H,2,7,9,11,14-16H2,1H3,(H,24,26)/t18-,20+/m0/s1. The Morgan fingerprint density at radius 3 is 2.79 bits per heavy atom. The number of aryl methyl sites for hydroxylation is 1. The van der Waals surface area contributed by atoms with Gasteiger partial charge in [0.1, 0.15) is 12.7 Å². The van der Waals surface area contributed by atoms with Crippen LogP contribution < -0.4 is 14.8 Å². The Morgan fingerprint density at radius 2 is 1.93 bits per heavy atom. The number of benzene rings is 2. The third-order valence-electron chi connectivity index (χ3n) is 5.55. The number of carbonyl (C=O) groups excluding carboxylic acids is 1. The summed E-state index contributed by atoms with van der Waals surface area (Å²) in [7, 11) is 0. The van der Waals surface area contributed by atoms with E-state index in [1.807, 2.05) is 24.3 Å². The average Bonchev–Trinajstić information content (AvgIpc) is 2.73. The molecule has 0 aromatic heterocycles. The molecule has 5 nitrogen and oxygen atoms in total. The molecule has 0 bridgehead atoms. The molecule has 2 aliphatic rings. The molecule has 0 fully saturated rings. The zero-order valence-corrected chi connectivity index (χ0v) is 16.4. The summed E-state index contributed by atoms with van der Waals surface area (Å²) in [6, 6.07) is 16.3. The molecule has 1 heterocycles. The van der Waals surface area contributed by atoms with Crippen molar-refractivity contribution in [2.45, 2.75) is 38.3 Å². The van der Waals surface area contributed by atoms with Crippen molar-refractivity contribution in [3.8, 4) is 11.5 Å². The average molecular weight is 380 g/mol. The minimum atomic E-state index is -0.0712. The number of likely N-dealkylation sites (N-methyl/N-ethyl adjacent to an activating group) is 1. The SMILES string of the molecule is CCN(CC(=O)N[C@@H]1CCCc2ccccc21)C[C@H]1COc2ccccc2O1. The van der Waals surface area contributed by atoms with Crippen LogP contribution in [-0.2, 0) is 11.2 Å². The Labute approximate surface area is 166 Å². The third-order valence-corrected chi connectivity index (χ3v) is 5.55. The van der Waals surface area contributed by atoms with E-state index in [9.17, 15) is 4.79 Å². The number of rotatable bonds is 6. The Kier molecular flexibility index (Phi) is 5.81. The number of carbonyl (C=O) groups is 1. The molecule has 5 heteroatoms. The van der Waals surface area contributed by atoms with Crippen LogP contribution >= 0.6 is 0 Å². The minimum Gasteiger partial charge on any atom is -0.486 e. The zero-order valence-electron chi connectivity index (χ0n) is 16.4. The molecule has 0 saturated carbocycles. The fourth-order valence-electron chi connectivity index (χ4n) is 4.09. The summed E-state index contributed by atoms with van der Waals surface area (Å²) in [5, 5.41) is 3.24. The van der Waals surface area contributed by atoms with Gasteiger partial charge in [-0.2, -0.15) is 0 Å². The van der Waals surface area contributed by atoms with Gasteiger partial charge in [0.25, 0.3) is 0 Å². The lowest BCUT2D eigenvalue weighted by Gasteiger charge is -2.31. The monoisotopic (exact) mass is 380 g/mol. The molecule has 2 aromatic carbocycles. The molecule has 0 radical (unpaired) electrons. The number of amides is 1. The first-order valence-corrected chi connectivity index (χ1v) is 10.2. The number of nitrogens with one attached hydrogen (secondary N) is 1. The quantitative estimate of drug-likeness (QED) is 0.835. The van der Waals surface area contributed by atoms with Gasteiger partial charge in [-0.3, -0.25) is 9.69 Å². The summed E-state index contributed by atoms with van der Waals surface area (Å²) in [6.45, 7) is 4.40. The molecular formula is C23H28N2O3. The predicted molar refractivity (Wildman–Crippen MR) is 109 cm³/mol. The maximum atomic E-state index is 12.7. The smallest absolute Gasteiger partial charge is 0.234 e. The molecular weight excluding hydrogens is 352 g/mol. The van der Waals surface area contributed by atoms with Crippen molar-refractivity contribution in [1.82, 2.24) is 10.2 Å². The molecule has 1 N–H and O–H groups in total. The zero-order chi connectivity index (χ0) is 19.3. The number of ether oxygens (including phenoxy) is 2. The Bertz CT molecular complexity index is 823. The van der Waals surface area contributed by atoms with Crippen LogP contribution in [-0.4, -0.2) is 43.2 Å². The van der Waals surface area contributed by atoms with E-state index in [1.165, 1.54) is 11.1 Å². The predicted octanol–water partition coefficient (Wildman–Crippen LogP) is 3.34. The highest BCUT2D eigenvalue weighted by Gasteiger charge is 2.25. The van der Waals surface area contributed by atoms with E-state index in [1.54, 1.807) is 0 Å². The molecule has 148 valence electrons. The van der Waals surface area contributed by atoms with Crippen molar-refractivity contribution >= 4 is 5.91 Å². The van der Waals surface area contributed by atoms with Crippen molar-refractivity contribution in [3.63, 3.8) is 0 Å². The lowest BCUT2D eigenvalue weighted by molar-refractivity contribution is -0.123. The summed E-state index contributed by atoms with van der Waals surface area (Å²) < 4.78 is 11.8. The van der Waals surface area contributed by atoms with Crippen molar-refractivity contribution < 1.29 is 14.3 Å². The van der Waals surface area contributed by atoms with E-state index < -0.39 is 0 Å². The number of hydrogen-bond acceptors (Lipinski definition) is 4. The summed E-state index contributed by atoms with van der Waals surface area (Å²) in [5.41, 5.74) is 2.63. The van der Waals surface area contributed by atoms with Gasteiger partial charge in [-0.1, -0.05) is 43.3 Å². The minimum absolute atomic E-state index is 0.0701. The van der Waals surface area contributed by atoms with E-state index in [-0.39, 0.29) is 18.1 Å². The highest BCUT2D eigenvalue weighted by atomic mass is 16.6.